The van der Waals surface area contributed by atoms with Gasteiger partial charge in [-0.3, -0.25) is 19.2 Å². The maximum atomic E-state index is 13.7. The van der Waals surface area contributed by atoms with E-state index in [2.05, 4.69) is 0 Å². The van der Waals surface area contributed by atoms with Gasteiger partial charge in [0, 0.05) is 16.4 Å². The number of benzene rings is 1. The van der Waals surface area contributed by atoms with Crippen LogP contribution in [0.3, 0.4) is 0 Å². The summed E-state index contributed by atoms with van der Waals surface area (Å²) in [6.07, 6.45) is 0. The number of pyridine rings is 2. The Morgan fingerprint density at radius 2 is 1.21 bits per heavy atom. The molecule has 3 aromatic rings. The summed E-state index contributed by atoms with van der Waals surface area (Å²) in [5.41, 5.74) is -1.09. The Bertz CT molecular complexity index is 1380. The van der Waals surface area contributed by atoms with Crippen molar-refractivity contribution in [1.29, 1.82) is 0 Å². The summed E-state index contributed by atoms with van der Waals surface area (Å²) < 4.78 is 12.2. The maximum Gasteiger partial charge on any atom is 0.326 e. The Hall–Kier alpha value is -4.05. The van der Waals surface area contributed by atoms with Crippen molar-refractivity contribution in [2.75, 3.05) is 13.2 Å². The van der Waals surface area contributed by atoms with E-state index in [-0.39, 0.29) is 35.7 Å². The molecule has 0 atom stereocenters. The van der Waals surface area contributed by atoms with Gasteiger partial charge >= 0.3 is 11.9 Å². The standard InChI is InChI=1S/C27H29ClN2O8/c1-5-37-21(33)13-29-15(3)11-19(31)24(26(29)35)23(17-7-9-18(28)10-8-17)25-20(32)12-16(4)30(27(25)36)14-22(34)38-6-2/h7-12,23,31-32H,5-6,13-14H2,1-4H3. The van der Waals surface area contributed by atoms with Crippen LogP contribution in [0.4, 0.5) is 0 Å². The summed E-state index contributed by atoms with van der Waals surface area (Å²) in [5.74, 6) is -3.48. The van der Waals surface area contributed by atoms with Gasteiger partial charge in [0.2, 0.25) is 0 Å². The van der Waals surface area contributed by atoms with Crippen molar-refractivity contribution in [2.45, 2.75) is 46.7 Å². The van der Waals surface area contributed by atoms with Crippen molar-refractivity contribution in [3.63, 3.8) is 0 Å². The lowest BCUT2D eigenvalue weighted by Gasteiger charge is -2.23. The van der Waals surface area contributed by atoms with Crippen molar-refractivity contribution in [3.8, 4) is 11.5 Å². The number of aromatic nitrogens is 2. The highest BCUT2D eigenvalue weighted by Gasteiger charge is 2.31. The number of esters is 2. The third-order valence-electron chi connectivity index (χ3n) is 6.01. The van der Waals surface area contributed by atoms with E-state index in [9.17, 15) is 29.4 Å². The summed E-state index contributed by atoms with van der Waals surface area (Å²) >= 11 is 6.07. The topological polar surface area (TPSA) is 137 Å². The van der Waals surface area contributed by atoms with Gasteiger partial charge in [-0.05, 0) is 57.5 Å². The van der Waals surface area contributed by atoms with E-state index in [1.54, 1.807) is 26.0 Å². The average molecular weight is 545 g/mol. The van der Waals surface area contributed by atoms with Crippen LogP contribution < -0.4 is 11.1 Å². The molecule has 0 aliphatic carbocycles. The molecular formula is C27H29ClN2O8. The zero-order chi connectivity index (χ0) is 28.1. The van der Waals surface area contributed by atoms with Gasteiger partial charge in [0.1, 0.15) is 24.6 Å². The fourth-order valence-electron chi connectivity index (χ4n) is 4.28. The fourth-order valence-corrected chi connectivity index (χ4v) is 4.40. The van der Waals surface area contributed by atoms with Gasteiger partial charge < -0.3 is 28.8 Å². The molecule has 3 rings (SSSR count). The minimum atomic E-state index is -1.28. The maximum absolute atomic E-state index is 13.7. The summed E-state index contributed by atoms with van der Waals surface area (Å²) in [7, 11) is 0. The van der Waals surface area contributed by atoms with Crippen molar-refractivity contribution in [3.05, 3.63) is 90.2 Å². The number of nitrogens with zero attached hydrogens (tertiary/aromatic N) is 2. The lowest BCUT2D eigenvalue weighted by Crippen LogP contribution is -2.35. The molecule has 0 aliphatic rings. The largest absolute Gasteiger partial charge is 0.507 e. The molecule has 0 radical (unpaired) electrons. The smallest absolute Gasteiger partial charge is 0.326 e. The van der Waals surface area contributed by atoms with E-state index in [1.165, 1.54) is 38.1 Å². The quantitative estimate of drug-likeness (QED) is 0.392. The van der Waals surface area contributed by atoms with Gasteiger partial charge in [-0.25, -0.2) is 0 Å². The van der Waals surface area contributed by atoms with E-state index in [0.29, 0.717) is 10.6 Å². The van der Waals surface area contributed by atoms with Crippen LogP contribution in [0.25, 0.3) is 0 Å². The van der Waals surface area contributed by atoms with E-state index < -0.39 is 53.6 Å². The summed E-state index contributed by atoms with van der Waals surface area (Å²) in [6.45, 7) is 5.72. The first-order valence-electron chi connectivity index (χ1n) is 11.9. The third-order valence-corrected chi connectivity index (χ3v) is 6.26. The molecule has 10 nitrogen and oxygen atoms in total. The molecule has 0 fully saturated rings. The molecular weight excluding hydrogens is 516 g/mol. The van der Waals surface area contributed by atoms with Crippen LogP contribution in [-0.2, 0) is 32.2 Å². The predicted molar refractivity (Wildman–Crippen MR) is 140 cm³/mol. The van der Waals surface area contributed by atoms with Gasteiger partial charge in [0.15, 0.2) is 0 Å². The Kier molecular flexibility index (Phi) is 9.00. The molecule has 0 bridgehead atoms. The molecule has 2 N–H and O–H groups in total. The van der Waals surface area contributed by atoms with Gasteiger partial charge in [-0.15, -0.1) is 0 Å². The van der Waals surface area contributed by atoms with Crippen LogP contribution in [0.15, 0.2) is 46.0 Å². The number of hydrogen-bond acceptors (Lipinski definition) is 8. The van der Waals surface area contributed by atoms with E-state index in [4.69, 9.17) is 21.1 Å². The van der Waals surface area contributed by atoms with Gasteiger partial charge in [0.25, 0.3) is 11.1 Å². The third kappa shape index (κ3) is 5.91. The molecule has 2 heterocycles. The highest BCUT2D eigenvalue weighted by molar-refractivity contribution is 6.30. The molecule has 202 valence electrons. The first kappa shape index (κ1) is 28.5. The zero-order valence-corrected chi connectivity index (χ0v) is 22.2. The van der Waals surface area contributed by atoms with E-state index in [0.717, 1.165) is 9.13 Å². The van der Waals surface area contributed by atoms with Gasteiger partial charge in [-0.1, -0.05) is 23.7 Å². The first-order valence-corrected chi connectivity index (χ1v) is 12.3. The normalized spacial score (nSPS) is 11.0. The molecule has 38 heavy (non-hydrogen) atoms. The lowest BCUT2D eigenvalue weighted by atomic mass is 9.85. The lowest BCUT2D eigenvalue weighted by molar-refractivity contribution is -0.144. The molecule has 0 amide bonds. The number of carbonyl (C=O) groups excluding carboxylic acids is 2. The number of rotatable bonds is 9. The average Bonchev–Trinajstić information content (AvgIpc) is 2.84. The fraction of sp³-hybridized carbons (Fsp3) is 0.333. The Morgan fingerprint density at radius 1 is 0.816 bits per heavy atom. The second-order valence-corrected chi connectivity index (χ2v) is 8.98. The minimum absolute atomic E-state index is 0.113. The van der Waals surface area contributed by atoms with Crippen molar-refractivity contribution in [2.24, 2.45) is 0 Å². The van der Waals surface area contributed by atoms with Crippen LogP contribution in [0.5, 0.6) is 11.5 Å². The van der Waals surface area contributed by atoms with Gasteiger partial charge in [0.05, 0.1) is 30.3 Å². The second-order valence-electron chi connectivity index (χ2n) is 8.55. The Balaban J connectivity index is 2.36. The molecule has 0 unspecified atom stereocenters. The molecule has 0 saturated carbocycles. The zero-order valence-electron chi connectivity index (χ0n) is 21.5. The van der Waals surface area contributed by atoms with Crippen LogP contribution in [0, 0.1) is 13.8 Å². The molecule has 2 aromatic heterocycles. The Morgan fingerprint density at radius 3 is 1.58 bits per heavy atom. The molecule has 11 heteroatoms. The van der Waals surface area contributed by atoms with Crippen LogP contribution in [-0.4, -0.2) is 44.5 Å². The highest BCUT2D eigenvalue weighted by atomic mass is 35.5. The molecule has 0 spiro atoms. The molecule has 0 saturated heterocycles. The van der Waals surface area contributed by atoms with Crippen LogP contribution in [0.2, 0.25) is 5.02 Å². The van der Waals surface area contributed by atoms with Crippen LogP contribution in [0.1, 0.15) is 47.8 Å². The van der Waals surface area contributed by atoms with Gasteiger partial charge in [-0.2, -0.15) is 0 Å². The summed E-state index contributed by atoms with van der Waals surface area (Å²) in [6, 6.07) is 8.76. The summed E-state index contributed by atoms with van der Waals surface area (Å²) in [4.78, 5) is 51.9. The predicted octanol–water partition coefficient (Wildman–Crippen LogP) is 3.00. The number of carbonyl (C=O) groups is 2. The summed E-state index contributed by atoms with van der Waals surface area (Å²) in [5, 5.41) is 22.3. The van der Waals surface area contributed by atoms with E-state index in [1.807, 2.05) is 0 Å². The van der Waals surface area contributed by atoms with E-state index >= 15 is 0 Å². The highest BCUT2D eigenvalue weighted by Crippen LogP contribution is 2.38. The minimum Gasteiger partial charge on any atom is -0.507 e. The van der Waals surface area contributed by atoms with Crippen molar-refractivity contribution in [1.82, 2.24) is 9.13 Å². The van der Waals surface area contributed by atoms with Crippen molar-refractivity contribution < 1.29 is 29.3 Å². The van der Waals surface area contributed by atoms with Crippen LogP contribution >= 0.6 is 11.6 Å². The first-order chi connectivity index (χ1) is 18.0. The number of halogens is 1. The Labute approximate surface area is 223 Å². The number of aromatic hydroxyl groups is 2. The SMILES string of the molecule is CCOC(=O)Cn1c(C)cc(O)c(C(c2ccc(Cl)cc2)c2c(O)cc(C)n(CC(=O)OCC)c2=O)c1=O. The molecule has 1 aromatic carbocycles. The molecule has 0 aliphatic heterocycles. The number of aryl methyl sites for hydroxylation is 2. The second kappa shape index (κ2) is 12.0. The van der Waals surface area contributed by atoms with Crippen molar-refractivity contribution >= 4 is 23.5 Å². The number of ether oxygens (including phenoxy) is 2. The number of hydrogen-bond donors (Lipinski definition) is 2. The monoisotopic (exact) mass is 544 g/mol.